The van der Waals surface area contributed by atoms with Crippen LogP contribution in [0.3, 0.4) is 0 Å². The smallest absolute Gasteiger partial charge is 0.372 e. The molecular weight excluding hydrogens is 387 g/mol. The summed E-state index contributed by atoms with van der Waals surface area (Å²) in [6, 6.07) is 2.56. The van der Waals surface area contributed by atoms with Crippen molar-refractivity contribution in [3.63, 3.8) is 0 Å². The largest absolute Gasteiger partial charge is 0.416 e. The number of fused-ring (bicyclic) bond motifs is 1. The van der Waals surface area contributed by atoms with Gasteiger partial charge in [0.05, 0.1) is 35.2 Å². The number of hydrogen-bond donors (Lipinski definition) is 1. The Balaban J connectivity index is 1.56. The van der Waals surface area contributed by atoms with Crippen LogP contribution in [0.15, 0.2) is 18.2 Å². The Morgan fingerprint density at radius 1 is 1.28 bits per heavy atom. The van der Waals surface area contributed by atoms with Crippen LogP contribution in [0.4, 0.5) is 24.5 Å². The van der Waals surface area contributed by atoms with E-state index in [-0.39, 0.29) is 23.7 Å². The van der Waals surface area contributed by atoms with Gasteiger partial charge in [-0.15, -0.1) is 0 Å². The average molecular weight is 411 g/mol. The fourth-order valence-electron chi connectivity index (χ4n) is 4.57. The molecule has 1 aliphatic carbocycles. The minimum Gasteiger partial charge on any atom is -0.372 e. The molecule has 0 bridgehead atoms. The van der Waals surface area contributed by atoms with E-state index in [1.54, 1.807) is 6.92 Å². The first-order valence-corrected chi connectivity index (χ1v) is 9.89. The molecule has 6 nitrogen and oxygen atoms in total. The van der Waals surface area contributed by atoms with Gasteiger partial charge in [-0.05, 0) is 38.0 Å². The van der Waals surface area contributed by atoms with Gasteiger partial charge in [-0.1, -0.05) is 12.8 Å². The Bertz CT molecular complexity index is 821. The van der Waals surface area contributed by atoms with Gasteiger partial charge in [-0.25, -0.2) is 0 Å². The zero-order chi connectivity index (χ0) is 20.8. The molecule has 1 atom stereocenters. The number of nitrogens with one attached hydrogen (secondary N) is 1. The normalized spacial score (nSPS) is 23.0. The maximum absolute atomic E-state index is 13.2. The zero-order valence-corrected chi connectivity index (χ0v) is 16.2. The number of morpholine rings is 1. The number of benzene rings is 1. The first-order valence-electron chi connectivity index (χ1n) is 9.89. The highest BCUT2D eigenvalue weighted by molar-refractivity contribution is 6.11. The number of halogens is 3. The minimum atomic E-state index is -4.53. The van der Waals surface area contributed by atoms with Crippen molar-refractivity contribution in [2.45, 2.75) is 50.4 Å². The third-order valence-electron chi connectivity index (χ3n) is 6.15. The van der Waals surface area contributed by atoms with E-state index in [0.717, 1.165) is 37.8 Å². The van der Waals surface area contributed by atoms with Crippen LogP contribution in [0.2, 0.25) is 0 Å². The molecule has 2 fully saturated rings. The lowest BCUT2D eigenvalue weighted by atomic mass is 9.98. The average Bonchev–Trinajstić information content (AvgIpc) is 3.12. The zero-order valence-electron chi connectivity index (χ0n) is 16.2. The lowest BCUT2D eigenvalue weighted by molar-refractivity contribution is -0.137. The van der Waals surface area contributed by atoms with Crippen molar-refractivity contribution in [3.8, 4) is 0 Å². The van der Waals surface area contributed by atoms with Crippen LogP contribution in [-0.2, 0) is 20.5 Å². The fourth-order valence-corrected chi connectivity index (χ4v) is 4.57. The van der Waals surface area contributed by atoms with Gasteiger partial charge in [0.2, 0.25) is 11.8 Å². The second-order valence-electron chi connectivity index (χ2n) is 8.09. The third kappa shape index (κ3) is 3.85. The van der Waals surface area contributed by atoms with Crippen molar-refractivity contribution in [1.29, 1.82) is 0 Å². The Labute approximate surface area is 167 Å². The number of alkyl halides is 3. The summed E-state index contributed by atoms with van der Waals surface area (Å²) >= 11 is 0. The third-order valence-corrected chi connectivity index (χ3v) is 6.15. The quantitative estimate of drug-likeness (QED) is 0.813. The molecule has 9 heteroatoms. The summed E-state index contributed by atoms with van der Waals surface area (Å²) in [6.45, 7) is 3.38. The van der Waals surface area contributed by atoms with E-state index in [9.17, 15) is 22.8 Å². The molecule has 2 aliphatic heterocycles. The Kier molecular flexibility index (Phi) is 5.06. The summed E-state index contributed by atoms with van der Waals surface area (Å²) in [5.41, 5.74) is -0.773. The number of rotatable bonds is 2. The summed E-state index contributed by atoms with van der Waals surface area (Å²) in [4.78, 5) is 28.7. The van der Waals surface area contributed by atoms with E-state index in [2.05, 4.69) is 10.2 Å². The highest BCUT2D eigenvalue weighted by Crippen LogP contribution is 2.39. The highest BCUT2D eigenvalue weighted by atomic mass is 19.4. The van der Waals surface area contributed by atoms with E-state index < -0.39 is 23.7 Å². The fraction of sp³-hybridized carbons (Fsp3) is 0.600. The van der Waals surface area contributed by atoms with E-state index in [1.165, 1.54) is 11.0 Å². The number of nitrogens with zero attached hydrogens (tertiary/aromatic N) is 2. The number of hydrogen-bond acceptors (Lipinski definition) is 4. The number of anilines is 2. The maximum Gasteiger partial charge on any atom is 0.416 e. The van der Waals surface area contributed by atoms with Gasteiger partial charge in [-0.2, -0.15) is 13.2 Å². The van der Waals surface area contributed by atoms with Crippen LogP contribution in [-0.4, -0.2) is 54.6 Å². The van der Waals surface area contributed by atoms with Gasteiger partial charge in [0, 0.05) is 13.1 Å². The molecule has 1 N–H and O–H groups in total. The number of ether oxygens (including phenoxy) is 1. The van der Waals surface area contributed by atoms with E-state index >= 15 is 0 Å². The van der Waals surface area contributed by atoms with Crippen LogP contribution in [0.5, 0.6) is 0 Å². The van der Waals surface area contributed by atoms with Crippen LogP contribution in [0.1, 0.15) is 38.2 Å². The standard InChI is InChI=1S/C20H24F3N3O3/c1-13(25-8-9-29-19(12-25)6-2-3-7-19)18(28)26-11-17(27)24-15-10-14(20(21,22)23)4-5-16(15)26/h4-5,10,13H,2-3,6-9,11-12H2,1H3,(H,24,27). The lowest BCUT2D eigenvalue weighted by Crippen LogP contribution is -2.58. The van der Waals surface area contributed by atoms with E-state index in [4.69, 9.17) is 4.74 Å². The van der Waals surface area contributed by atoms with E-state index in [1.807, 2.05) is 0 Å². The molecule has 29 heavy (non-hydrogen) atoms. The molecule has 158 valence electrons. The van der Waals surface area contributed by atoms with Gasteiger partial charge in [0.25, 0.3) is 0 Å². The van der Waals surface area contributed by atoms with Crippen molar-refractivity contribution in [2.24, 2.45) is 0 Å². The van der Waals surface area contributed by atoms with Gasteiger partial charge in [-0.3, -0.25) is 19.4 Å². The van der Waals surface area contributed by atoms with Crippen LogP contribution < -0.4 is 10.2 Å². The topological polar surface area (TPSA) is 61.9 Å². The Morgan fingerprint density at radius 2 is 2.00 bits per heavy atom. The first-order chi connectivity index (χ1) is 13.7. The van der Waals surface area contributed by atoms with Crippen LogP contribution >= 0.6 is 0 Å². The summed E-state index contributed by atoms with van der Waals surface area (Å²) < 4.78 is 45.1. The first kappa shape index (κ1) is 20.2. The van der Waals surface area contributed by atoms with Gasteiger partial charge in [0.15, 0.2) is 0 Å². The molecule has 1 unspecified atom stereocenters. The van der Waals surface area contributed by atoms with Crippen LogP contribution in [0.25, 0.3) is 0 Å². The van der Waals surface area contributed by atoms with Crippen molar-refractivity contribution in [2.75, 3.05) is 36.5 Å². The summed E-state index contributed by atoms with van der Waals surface area (Å²) in [5, 5.41) is 2.45. The van der Waals surface area contributed by atoms with Gasteiger partial charge < -0.3 is 10.1 Å². The SMILES string of the molecule is CC(C(=O)N1CC(=O)Nc2cc(C(F)(F)F)ccc21)N1CCOC2(CCCC2)C1. The predicted octanol–water partition coefficient (Wildman–Crippen LogP) is 3.02. The molecule has 1 aromatic rings. The highest BCUT2D eigenvalue weighted by Gasteiger charge is 2.43. The van der Waals surface area contributed by atoms with Crippen molar-refractivity contribution in [1.82, 2.24) is 4.90 Å². The van der Waals surface area contributed by atoms with Crippen molar-refractivity contribution < 1.29 is 27.5 Å². The minimum absolute atomic E-state index is 0.00543. The second-order valence-corrected chi connectivity index (χ2v) is 8.09. The Hall–Kier alpha value is -2.13. The molecule has 4 rings (SSSR count). The lowest BCUT2D eigenvalue weighted by Gasteiger charge is -2.43. The predicted molar refractivity (Wildman–Crippen MR) is 101 cm³/mol. The molecule has 0 aromatic heterocycles. The second kappa shape index (κ2) is 7.28. The molecule has 1 saturated heterocycles. The number of carbonyl (C=O) groups is 2. The van der Waals surface area contributed by atoms with E-state index in [0.29, 0.717) is 25.4 Å². The number of carbonyl (C=O) groups excluding carboxylic acids is 2. The van der Waals surface area contributed by atoms with Crippen molar-refractivity contribution in [3.05, 3.63) is 23.8 Å². The molecule has 3 aliphatic rings. The monoisotopic (exact) mass is 411 g/mol. The molecule has 1 saturated carbocycles. The van der Waals surface area contributed by atoms with Gasteiger partial charge in [0.1, 0.15) is 6.54 Å². The molecule has 2 amide bonds. The van der Waals surface area contributed by atoms with Gasteiger partial charge >= 0.3 is 6.18 Å². The molecule has 0 radical (unpaired) electrons. The summed E-state index contributed by atoms with van der Waals surface area (Å²) in [7, 11) is 0. The molecule has 1 aromatic carbocycles. The molecule has 1 spiro atoms. The molecule has 2 heterocycles. The van der Waals surface area contributed by atoms with Crippen LogP contribution in [0, 0.1) is 0 Å². The van der Waals surface area contributed by atoms with Crippen molar-refractivity contribution >= 4 is 23.2 Å². The molecular formula is C20H24F3N3O3. The number of amides is 2. The summed E-state index contributed by atoms with van der Waals surface area (Å²) in [6.07, 6.45) is -0.364. The maximum atomic E-state index is 13.2. The summed E-state index contributed by atoms with van der Waals surface area (Å²) in [5.74, 6) is -0.803. The Morgan fingerprint density at radius 3 is 2.69 bits per heavy atom.